The van der Waals surface area contributed by atoms with Crippen molar-refractivity contribution < 1.29 is 19.1 Å². The molecule has 2 unspecified atom stereocenters. The van der Waals surface area contributed by atoms with Crippen LogP contribution < -0.4 is 0 Å². The summed E-state index contributed by atoms with van der Waals surface area (Å²) in [6, 6.07) is 0. The van der Waals surface area contributed by atoms with Gasteiger partial charge in [-0.25, -0.2) is 0 Å². The number of allylic oxidation sites excluding steroid dienone is 5. The summed E-state index contributed by atoms with van der Waals surface area (Å²) >= 11 is 0. The van der Waals surface area contributed by atoms with Crippen LogP contribution in [0.1, 0.15) is 156 Å². The van der Waals surface area contributed by atoms with Gasteiger partial charge in [0.25, 0.3) is 0 Å². The molecule has 2 atom stereocenters. The number of hydrogen-bond donors (Lipinski definition) is 0. The summed E-state index contributed by atoms with van der Waals surface area (Å²) in [7, 11) is 0. The van der Waals surface area contributed by atoms with E-state index in [9.17, 15) is 9.59 Å². The topological polar surface area (TPSA) is 52.6 Å². The van der Waals surface area contributed by atoms with Gasteiger partial charge < -0.3 is 9.47 Å². The van der Waals surface area contributed by atoms with E-state index in [0.29, 0.717) is 37.9 Å². The highest BCUT2D eigenvalue weighted by molar-refractivity contribution is 5.69. The third kappa shape index (κ3) is 29.2. The van der Waals surface area contributed by atoms with Gasteiger partial charge in [0.1, 0.15) is 0 Å². The molecule has 1 aliphatic rings. The Morgan fingerprint density at radius 3 is 2.45 bits per heavy atom. The van der Waals surface area contributed by atoms with E-state index in [1.54, 1.807) is 0 Å². The Morgan fingerprint density at radius 2 is 1.68 bits per heavy atom. The minimum absolute atomic E-state index is 0.00538. The molecule has 0 radical (unpaired) electrons. The number of carbonyl (C=O) groups excluding carboxylic acids is 2. The minimum Gasteiger partial charge on any atom is -0.466 e. The summed E-state index contributed by atoms with van der Waals surface area (Å²) in [5.74, 6) is 1.24. The molecule has 1 rings (SSSR count). The van der Waals surface area contributed by atoms with Gasteiger partial charge in [0.15, 0.2) is 0 Å². The predicted octanol–water partition coefficient (Wildman–Crippen LogP) is 10.9. The molecular formula is C36H64O4. The average molecular weight is 561 g/mol. The Balaban J connectivity index is 0.000000774. The minimum atomic E-state index is -0.0254. The van der Waals surface area contributed by atoms with E-state index < -0.39 is 0 Å². The van der Waals surface area contributed by atoms with E-state index in [0.717, 1.165) is 57.8 Å². The fourth-order valence-electron chi connectivity index (χ4n) is 4.60. The summed E-state index contributed by atoms with van der Waals surface area (Å²) in [5, 5.41) is 0. The van der Waals surface area contributed by atoms with Crippen molar-refractivity contribution in [1.29, 1.82) is 0 Å². The second-order valence-electron chi connectivity index (χ2n) is 12.0. The fraction of sp³-hybridized carbons (Fsp3) is 0.778. The Hall–Kier alpha value is -1.84. The van der Waals surface area contributed by atoms with Gasteiger partial charge in [-0.2, -0.15) is 0 Å². The molecule has 232 valence electrons. The highest BCUT2D eigenvalue weighted by Crippen LogP contribution is 2.14. The van der Waals surface area contributed by atoms with E-state index in [-0.39, 0.29) is 11.9 Å². The van der Waals surface area contributed by atoms with Crippen molar-refractivity contribution in [2.75, 3.05) is 13.2 Å². The lowest BCUT2D eigenvalue weighted by Crippen LogP contribution is -2.08. The largest absolute Gasteiger partial charge is 0.466 e. The highest BCUT2D eigenvalue weighted by atomic mass is 16.5. The second-order valence-corrected chi connectivity index (χ2v) is 12.0. The molecule has 0 bridgehead atoms. The van der Waals surface area contributed by atoms with Crippen LogP contribution in [0.3, 0.4) is 0 Å². The van der Waals surface area contributed by atoms with Crippen LogP contribution in [0, 0.1) is 11.8 Å². The number of carbonyl (C=O) groups is 2. The molecule has 0 aromatic heterocycles. The van der Waals surface area contributed by atoms with Crippen LogP contribution in [-0.2, 0) is 19.1 Å². The van der Waals surface area contributed by atoms with Crippen molar-refractivity contribution >= 4 is 11.9 Å². The van der Waals surface area contributed by atoms with Crippen LogP contribution >= 0.6 is 0 Å². The van der Waals surface area contributed by atoms with Crippen LogP contribution in [0.4, 0.5) is 0 Å². The van der Waals surface area contributed by atoms with Gasteiger partial charge in [-0.05, 0) is 103 Å². The van der Waals surface area contributed by atoms with Crippen LogP contribution in [0.15, 0.2) is 36.5 Å². The maximum Gasteiger partial charge on any atom is 0.305 e. The van der Waals surface area contributed by atoms with Crippen LogP contribution in [-0.4, -0.2) is 25.2 Å². The molecule has 4 heteroatoms. The van der Waals surface area contributed by atoms with Crippen molar-refractivity contribution in [2.24, 2.45) is 11.8 Å². The molecule has 0 saturated carbocycles. The zero-order valence-electron chi connectivity index (χ0n) is 26.9. The third-order valence-electron chi connectivity index (χ3n) is 7.49. The smallest absolute Gasteiger partial charge is 0.305 e. The quantitative estimate of drug-likeness (QED) is 0.120. The summed E-state index contributed by atoms with van der Waals surface area (Å²) in [6.45, 7) is 13.6. The van der Waals surface area contributed by atoms with E-state index in [1.807, 2.05) is 6.08 Å². The maximum absolute atomic E-state index is 11.6. The first-order valence-electron chi connectivity index (χ1n) is 16.6. The lowest BCUT2D eigenvalue weighted by molar-refractivity contribution is -0.145. The molecule has 0 aliphatic carbocycles. The Labute approximate surface area is 248 Å². The Kier molecular flexibility index (Phi) is 27.4. The summed E-state index contributed by atoms with van der Waals surface area (Å²) < 4.78 is 10.6. The Morgan fingerprint density at radius 1 is 0.975 bits per heavy atom. The first-order valence-corrected chi connectivity index (χ1v) is 16.6. The first-order chi connectivity index (χ1) is 19.3. The molecule has 0 spiro atoms. The zero-order chi connectivity index (χ0) is 29.7. The van der Waals surface area contributed by atoms with Crippen molar-refractivity contribution in [3.8, 4) is 0 Å². The van der Waals surface area contributed by atoms with Crippen molar-refractivity contribution in [2.45, 2.75) is 156 Å². The number of hydrogen-bond acceptors (Lipinski definition) is 4. The van der Waals surface area contributed by atoms with Gasteiger partial charge in [0, 0.05) is 12.8 Å². The standard InChI is InChI=1S/C20H36O2.C16H28O2/c1-5-6-7-8-9-10-11-15-20(21)22-17-16-19(4)14-12-13-18(2)3;1-15-11-9-7-5-3-2-4-6-8-10-12-16(17)18-14-13-15/h5,13,19H,1,6-12,14-17H2,2-4H3;5,7,15H,2-4,6,8-14H2,1H3. The molecular weight excluding hydrogens is 496 g/mol. The lowest BCUT2D eigenvalue weighted by atomic mass is 10.0. The van der Waals surface area contributed by atoms with E-state index in [1.165, 1.54) is 63.4 Å². The third-order valence-corrected chi connectivity index (χ3v) is 7.49. The number of ether oxygens (including phenoxy) is 2. The van der Waals surface area contributed by atoms with E-state index >= 15 is 0 Å². The van der Waals surface area contributed by atoms with Gasteiger partial charge in [-0.3, -0.25) is 9.59 Å². The fourth-order valence-corrected chi connectivity index (χ4v) is 4.60. The lowest BCUT2D eigenvalue weighted by Gasteiger charge is -2.10. The van der Waals surface area contributed by atoms with Gasteiger partial charge in [-0.15, -0.1) is 6.58 Å². The second kappa shape index (κ2) is 28.7. The normalized spacial score (nSPS) is 18.0. The molecule has 0 amide bonds. The van der Waals surface area contributed by atoms with Gasteiger partial charge >= 0.3 is 11.9 Å². The first kappa shape index (κ1) is 38.2. The van der Waals surface area contributed by atoms with Crippen molar-refractivity contribution in [3.05, 3.63) is 36.5 Å². The SMILES string of the molecule is C=CCCCCCCCC(=O)OCCC(C)CCC=C(C)C.CC1CCC=CCCCCCCCC(=O)OCC1. The number of esters is 2. The van der Waals surface area contributed by atoms with E-state index in [4.69, 9.17) is 9.47 Å². The summed E-state index contributed by atoms with van der Waals surface area (Å²) in [4.78, 5) is 23.1. The molecule has 1 aliphatic heterocycles. The molecule has 40 heavy (non-hydrogen) atoms. The average Bonchev–Trinajstić information content (AvgIpc) is 2.91. The zero-order valence-corrected chi connectivity index (χ0v) is 26.9. The molecule has 0 fully saturated rings. The number of cyclic esters (lactones) is 1. The van der Waals surface area contributed by atoms with Crippen molar-refractivity contribution in [1.82, 2.24) is 0 Å². The molecule has 0 saturated heterocycles. The van der Waals surface area contributed by atoms with Crippen molar-refractivity contribution in [3.63, 3.8) is 0 Å². The summed E-state index contributed by atoms with van der Waals surface area (Å²) in [6.07, 6.45) is 30.8. The molecule has 1 heterocycles. The van der Waals surface area contributed by atoms with Crippen LogP contribution in [0.25, 0.3) is 0 Å². The summed E-state index contributed by atoms with van der Waals surface area (Å²) in [5.41, 5.74) is 1.38. The van der Waals surface area contributed by atoms with Gasteiger partial charge in [0.05, 0.1) is 13.2 Å². The maximum atomic E-state index is 11.6. The van der Waals surface area contributed by atoms with Gasteiger partial charge in [0.2, 0.25) is 0 Å². The Bertz CT molecular complexity index is 674. The highest BCUT2D eigenvalue weighted by Gasteiger charge is 2.07. The van der Waals surface area contributed by atoms with Crippen LogP contribution in [0.2, 0.25) is 0 Å². The number of rotatable bonds is 14. The van der Waals surface area contributed by atoms with E-state index in [2.05, 4.69) is 52.5 Å². The predicted molar refractivity (Wildman–Crippen MR) is 171 cm³/mol. The molecule has 0 aromatic carbocycles. The van der Waals surface area contributed by atoms with Gasteiger partial charge in [-0.1, -0.05) is 82.2 Å². The molecule has 4 nitrogen and oxygen atoms in total. The molecule has 0 aromatic rings. The monoisotopic (exact) mass is 560 g/mol. The number of unbranched alkanes of at least 4 members (excludes halogenated alkanes) is 5. The van der Waals surface area contributed by atoms with Crippen LogP contribution in [0.5, 0.6) is 0 Å². The molecule has 0 N–H and O–H groups in total.